The molecule has 4 N–H and O–H groups in total. The molecular weight excluding hydrogens is 668 g/mol. The van der Waals surface area contributed by atoms with Crippen LogP contribution in [-0.2, 0) is 42.8 Å². The molecule has 14 nitrogen and oxygen atoms in total. The molecule has 5 heterocycles. The third-order valence-corrected chi connectivity index (χ3v) is 13.4. The number of fused-ring (bicyclic) bond motifs is 4. The van der Waals surface area contributed by atoms with Gasteiger partial charge in [0.2, 0.25) is 5.76 Å². The van der Waals surface area contributed by atoms with Crippen molar-refractivity contribution in [3.63, 3.8) is 0 Å². The molecule has 1 spiro atoms. The van der Waals surface area contributed by atoms with Gasteiger partial charge in [-0.1, -0.05) is 20.8 Å². The number of hydrogen-bond donors (Lipinski definition) is 4. The van der Waals surface area contributed by atoms with E-state index in [2.05, 4.69) is 20.8 Å². The van der Waals surface area contributed by atoms with E-state index in [-0.39, 0.29) is 53.7 Å². The van der Waals surface area contributed by atoms with Crippen molar-refractivity contribution in [2.45, 2.75) is 121 Å². The first-order chi connectivity index (χ1) is 24.1. The van der Waals surface area contributed by atoms with Crippen molar-refractivity contribution >= 4 is 23.7 Å². The summed E-state index contributed by atoms with van der Waals surface area (Å²) >= 11 is 0. The van der Waals surface area contributed by atoms with Crippen LogP contribution >= 0.6 is 0 Å². The fraction of sp³-hybridized carbons (Fsp3) is 0.703. The van der Waals surface area contributed by atoms with Crippen molar-refractivity contribution in [1.29, 1.82) is 0 Å². The molecule has 2 saturated carbocycles. The van der Waals surface area contributed by atoms with E-state index < -0.39 is 90.1 Å². The molecule has 14 heteroatoms. The molecule has 4 aliphatic heterocycles. The number of rotatable bonds is 8. The Balaban J connectivity index is 1.02. The van der Waals surface area contributed by atoms with E-state index in [4.69, 9.17) is 32.8 Å². The number of carbonyl (C=O) groups excluding carboxylic acids is 3. The molecule has 0 radical (unpaired) electrons. The summed E-state index contributed by atoms with van der Waals surface area (Å²) in [5.74, 6) is -1.99. The molecule has 3 saturated heterocycles. The van der Waals surface area contributed by atoms with Crippen LogP contribution in [0.3, 0.4) is 0 Å². The molecule has 5 fully saturated rings. The Bertz CT molecular complexity index is 1700. The minimum atomic E-state index is -1.47. The van der Waals surface area contributed by atoms with Gasteiger partial charge in [0.25, 0.3) is 0 Å². The fourth-order valence-corrected chi connectivity index (χ4v) is 10.4. The lowest BCUT2D eigenvalue weighted by Crippen LogP contribution is -2.72. The quantitative estimate of drug-likeness (QED) is 0.132. The molecule has 0 bridgehead atoms. The molecule has 0 aromatic carbocycles. The Hall–Kier alpha value is -3.11. The zero-order valence-corrected chi connectivity index (χ0v) is 29.3. The van der Waals surface area contributed by atoms with Crippen LogP contribution in [0.2, 0.25) is 0 Å². The molecule has 51 heavy (non-hydrogen) atoms. The summed E-state index contributed by atoms with van der Waals surface area (Å²) in [4.78, 5) is 39.2. The number of allylic oxidation sites excluding steroid dienone is 1. The summed E-state index contributed by atoms with van der Waals surface area (Å²) in [6, 6.07) is 3.18. The molecule has 1 aromatic heterocycles. The van der Waals surface area contributed by atoms with Crippen molar-refractivity contribution in [3.05, 3.63) is 41.1 Å². The number of hydrogen-bond acceptors (Lipinski definition) is 14. The largest absolute Gasteiger partial charge is 0.463 e. The van der Waals surface area contributed by atoms with E-state index in [9.17, 15) is 34.8 Å². The minimum Gasteiger partial charge on any atom is -0.463 e. The second-order valence-electron chi connectivity index (χ2n) is 16.1. The second-order valence-corrected chi connectivity index (χ2v) is 16.1. The van der Waals surface area contributed by atoms with Gasteiger partial charge in [0.15, 0.2) is 11.5 Å². The highest BCUT2D eigenvalue weighted by Gasteiger charge is 2.92. The van der Waals surface area contributed by atoms with Crippen LogP contribution < -0.4 is 0 Å². The van der Waals surface area contributed by atoms with Gasteiger partial charge < -0.3 is 53.3 Å². The van der Waals surface area contributed by atoms with E-state index in [0.29, 0.717) is 24.0 Å². The molecular formula is C37H46O14. The Morgan fingerprint density at radius 2 is 1.80 bits per heavy atom. The molecule has 8 rings (SSSR count). The van der Waals surface area contributed by atoms with Gasteiger partial charge in [-0.2, -0.15) is 0 Å². The topological polar surface area (TPSA) is 204 Å². The number of cyclic esters (lactones) is 1. The van der Waals surface area contributed by atoms with Gasteiger partial charge in [0.1, 0.15) is 42.2 Å². The van der Waals surface area contributed by atoms with E-state index in [0.717, 1.165) is 6.42 Å². The highest BCUT2D eigenvalue weighted by Crippen LogP contribution is 2.82. The Morgan fingerprint density at radius 1 is 1.06 bits per heavy atom. The van der Waals surface area contributed by atoms with Gasteiger partial charge in [-0.15, -0.1) is 0 Å². The Morgan fingerprint density at radius 3 is 2.51 bits per heavy atom. The smallest absolute Gasteiger partial charge is 0.339 e. The van der Waals surface area contributed by atoms with Gasteiger partial charge in [-0.25, -0.2) is 4.79 Å². The van der Waals surface area contributed by atoms with Crippen LogP contribution in [0.4, 0.5) is 0 Å². The standard InChI is InChI=1S/C37H46O14/c1-16(2)36-13-19(36)31-37(51-31)34(4)11-10-18-25(20(34)14-47-35(37,5)33(36)44)30(50-32(18)43)29(21-7-6-12-45-21)49-24(39)9-8-23(38)46-15-22-27(41)28(42)26(40)17(3)48-22/h6-7,12,16-17,19-20,22,26-28,31,33,40-42,44H,8-11,13-15H2,1-5H3/b30-29+/t17?,19-,20?,22+,26+,27+,28+,31-,33-,34-,35+,36+,37+/m0/s1. The first-order valence-electron chi connectivity index (χ1n) is 17.9. The van der Waals surface area contributed by atoms with Gasteiger partial charge in [-0.3, -0.25) is 9.59 Å². The maximum absolute atomic E-state index is 13.4. The van der Waals surface area contributed by atoms with Gasteiger partial charge in [-0.05, 0) is 57.1 Å². The zero-order chi connectivity index (χ0) is 36.4. The van der Waals surface area contributed by atoms with Crippen molar-refractivity contribution in [2.75, 3.05) is 13.2 Å². The molecule has 1 aromatic rings. The number of ether oxygens (including phenoxy) is 6. The third-order valence-electron chi connectivity index (χ3n) is 13.4. The summed E-state index contributed by atoms with van der Waals surface area (Å²) in [7, 11) is 0. The van der Waals surface area contributed by atoms with Crippen molar-refractivity contribution in [3.8, 4) is 0 Å². The summed E-state index contributed by atoms with van der Waals surface area (Å²) in [6.07, 6.45) is -4.43. The number of carbonyl (C=O) groups is 3. The number of aliphatic hydroxyl groups excluding tert-OH is 4. The van der Waals surface area contributed by atoms with Crippen LogP contribution in [-0.4, -0.2) is 105 Å². The summed E-state index contributed by atoms with van der Waals surface area (Å²) < 4.78 is 41.4. The van der Waals surface area contributed by atoms with Crippen LogP contribution in [0.1, 0.15) is 72.5 Å². The minimum absolute atomic E-state index is 0.0511. The zero-order valence-electron chi connectivity index (χ0n) is 29.3. The molecule has 7 aliphatic rings. The first kappa shape index (κ1) is 34.9. The van der Waals surface area contributed by atoms with E-state index in [1.54, 1.807) is 12.1 Å². The average molecular weight is 715 g/mol. The number of epoxide rings is 1. The summed E-state index contributed by atoms with van der Waals surface area (Å²) in [5.41, 5.74) is -1.53. The fourth-order valence-electron chi connectivity index (χ4n) is 10.4. The SMILES string of the molecule is CC1O[C@H](COC(=O)CCC(=O)O/C(=C2/OC(=O)C3=C2C2CO[C@]4(C)[C@H](O)[C@@]5(C(C)C)C[C@H]5[C@@H]5O[C@@]54[C@@]2(C)CC3)c2ccco2)[C@@H](O)[C@H](O)[C@@H]1O. The molecule has 3 aliphatic carbocycles. The maximum atomic E-state index is 13.4. The second kappa shape index (κ2) is 11.7. The molecule has 13 atom stereocenters. The van der Waals surface area contributed by atoms with E-state index in [1.165, 1.54) is 13.2 Å². The van der Waals surface area contributed by atoms with Crippen LogP contribution in [0.5, 0.6) is 0 Å². The van der Waals surface area contributed by atoms with Crippen molar-refractivity contribution in [1.82, 2.24) is 0 Å². The summed E-state index contributed by atoms with van der Waals surface area (Å²) in [6.45, 7) is 9.69. The molecule has 0 amide bonds. The maximum Gasteiger partial charge on any atom is 0.339 e. The van der Waals surface area contributed by atoms with Crippen LogP contribution in [0.25, 0.3) is 5.76 Å². The van der Waals surface area contributed by atoms with Gasteiger partial charge >= 0.3 is 17.9 Å². The third kappa shape index (κ3) is 4.69. The monoisotopic (exact) mass is 714 g/mol. The highest BCUT2D eigenvalue weighted by molar-refractivity contribution is 5.97. The Labute approximate surface area is 294 Å². The van der Waals surface area contributed by atoms with E-state index >= 15 is 0 Å². The number of esters is 3. The lowest BCUT2D eigenvalue weighted by atomic mass is 9.49. The van der Waals surface area contributed by atoms with Gasteiger partial charge in [0, 0.05) is 27.9 Å². The number of furan rings is 1. The highest BCUT2D eigenvalue weighted by atomic mass is 16.7. The molecule has 278 valence electrons. The van der Waals surface area contributed by atoms with Crippen LogP contribution in [0.15, 0.2) is 39.7 Å². The molecule has 2 unspecified atom stereocenters. The van der Waals surface area contributed by atoms with Crippen molar-refractivity contribution < 1.29 is 67.6 Å². The lowest BCUT2D eigenvalue weighted by Gasteiger charge is -2.60. The predicted octanol–water partition coefficient (Wildman–Crippen LogP) is 1.92. The number of aliphatic hydroxyl groups is 4. The predicted molar refractivity (Wildman–Crippen MR) is 172 cm³/mol. The van der Waals surface area contributed by atoms with Crippen molar-refractivity contribution in [2.24, 2.45) is 28.6 Å². The average Bonchev–Trinajstić information content (AvgIpc) is 3.94. The first-order valence-corrected chi connectivity index (χ1v) is 17.9. The summed E-state index contributed by atoms with van der Waals surface area (Å²) in [5, 5.41) is 42.1. The Kier molecular flexibility index (Phi) is 8.01. The van der Waals surface area contributed by atoms with Crippen LogP contribution in [0, 0.1) is 28.6 Å². The van der Waals surface area contributed by atoms with Gasteiger partial charge in [0.05, 0.1) is 44.0 Å². The normalized spacial score (nSPS) is 45.8. The lowest BCUT2D eigenvalue weighted by molar-refractivity contribution is -0.258. The van der Waals surface area contributed by atoms with E-state index in [1.807, 2.05) is 6.92 Å².